The van der Waals surface area contributed by atoms with Gasteiger partial charge in [0.05, 0.1) is 11.1 Å². The fourth-order valence-electron chi connectivity index (χ4n) is 3.27. The number of nitrogens with zero attached hydrogens (tertiary/aromatic N) is 4. The Morgan fingerprint density at radius 3 is 2.68 bits per heavy atom. The quantitative estimate of drug-likeness (QED) is 0.378. The fraction of sp³-hybridized carbons (Fsp3) is 0.300. The highest BCUT2D eigenvalue weighted by atomic mass is 32.2. The van der Waals surface area contributed by atoms with Crippen LogP contribution in [-0.2, 0) is 12.3 Å². The number of rotatable bonds is 4. The molecule has 0 aromatic carbocycles. The molecule has 8 heteroatoms. The van der Waals surface area contributed by atoms with Gasteiger partial charge in [0.1, 0.15) is 10.5 Å². The molecule has 0 amide bonds. The highest BCUT2D eigenvalue weighted by molar-refractivity contribution is 7.98. The molecular weight excluding hydrogens is 392 g/mol. The molecule has 0 saturated heterocycles. The lowest BCUT2D eigenvalue weighted by Gasteiger charge is -2.10. The van der Waals surface area contributed by atoms with Crippen LogP contribution >= 0.6 is 23.1 Å². The molecule has 0 bridgehead atoms. The third-order valence-corrected chi connectivity index (χ3v) is 6.96. The molecule has 28 heavy (non-hydrogen) atoms. The molecule has 0 radical (unpaired) electrons. The number of thiophene rings is 1. The van der Waals surface area contributed by atoms with Crippen LogP contribution in [0, 0.1) is 20.8 Å². The number of hydrogen-bond donors (Lipinski definition) is 0. The van der Waals surface area contributed by atoms with Gasteiger partial charge < -0.3 is 0 Å². The van der Waals surface area contributed by atoms with Crippen molar-refractivity contribution in [3.8, 4) is 0 Å². The van der Waals surface area contributed by atoms with Crippen molar-refractivity contribution in [2.45, 2.75) is 45.1 Å². The highest BCUT2D eigenvalue weighted by Crippen LogP contribution is 2.29. The van der Waals surface area contributed by atoms with E-state index in [1.165, 1.54) is 11.8 Å². The molecule has 0 aliphatic rings. The van der Waals surface area contributed by atoms with Gasteiger partial charge in [-0.05, 0) is 45.4 Å². The largest absolute Gasteiger partial charge is 0.287 e. The van der Waals surface area contributed by atoms with Crippen molar-refractivity contribution >= 4 is 39.0 Å². The van der Waals surface area contributed by atoms with E-state index in [-0.39, 0.29) is 11.1 Å². The van der Waals surface area contributed by atoms with Gasteiger partial charge in [0.2, 0.25) is 0 Å². The predicted molar refractivity (Wildman–Crippen MR) is 115 cm³/mol. The fourth-order valence-corrected chi connectivity index (χ4v) is 5.30. The van der Waals surface area contributed by atoms with Gasteiger partial charge >= 0.3 is 0 Å². The number of pyridine rings is 1. The Morgan fingerprint density at radius 1 is 1.14 bits per heavy atom. The normalized spacial score (nSPS) is 11.6. The van der Waals surface area contributed by atoms with Crippen LogP contribution in [0.3, 0.4) is 0 Å². The summed E-state index contributed by atoms with van der Waals surface area (Å²) in [5.41, 5.74) is 3.07. The summed E-state index contributed by atoms with van der Waals surface area (Å²) in [5, 5.41) is 1.37. The smallest absolute Gasteiger partial charge is 0.263 e. The number of fused-ring (bicyclic) bond motifs is 2. The van der Waals surface area contributed by atoms with Gasteiger partial charge in [-0.15, -0.1) is 11.3 Å². The first-order valence-electron chi connectivity index (χ1n) is 9.02. The molecule has 4 rings (SSSR count). The maximum Gasteiger partial charge on any atom is 0.263 e. The van der Waals surface area contributed by atoms with Crippen molar-refractivity contribution in [2.24, 2.45) is 0 Å². The molecule has 4 heterocycles. The molecule has 0 N–H and O–H groups in total. The molecule has 0 unspecified atom stereocenters. The van der Waals surface area contributed by atoms with Crippen LogP contribution in [0.15, 0.2) is 39.0 Å². The van der Waals surface area contributed by atoms with Gasteiger partial charge in [-0.25, -0.2) is 9.97 Å². The van der Waals surface area contributed by atoms with E-state index in [1.54, 1.807) is 26.4 Å². The van der Waals surface area contributed by atoms with Gasteiger partial charge in [0.25, 0.3) is 11.1 Å². The van der Waals surface area contributed by atoms with E-state index in [1.807, 2.05) is 45.9 Å². The van der Waals surface area contributed by atoms with E-state index < -0.39 is 0 Å². The third kappa shape index (κ3) is 3.06. The third-order valence-electron chi connectivity index (χ3n) is 4.85. The lowest BCUT2D eigenvalue weighted by molar-refractivity contribution is 0.635. The Bertz CT molecular complexity index is 1330. The van der Waals surface area contributed by atoms with E-state index in [0.717, 1.165) is 21.0 Å². The first-order valence-corrected chi connectivity index (χ1v) is 10.8. The monoisotopic (exact) mass is 412 g/mol. The van der Waals surface area contributed by atoms with E-state index in [4.69, 9.17) is 4.98 Å². The van der Waals surface area contributed by atoms with Crippen molar-refractivity contribution in [1.29, 1.82) is 0 Å². The summed E-state index contributed by atoms with van der Waals surface area (Å²) in [6.07, 6.45) is 0. The molecular formula is C20H20N4O2S2. The van der Waals surface area contributed by atoms with Gasteiger partial charge in [-0.3, -0.25) is 18.6 Å². The summed E-state index contributed by atoms with van der Waals surface area (Å²) in [7, 11) is 0. The first kappa shape index (κ1) is 18.9. The SMILES string of the molecule is CCn1c(SCc2cc(=O)n3c(C)cccc3n2)nc2sc(C)c(C)c2c1=O. The Labute approximate surface area is 169 Å². The summed E-state index contributed by atoms with van der Waals surface area (Å²) >= 11 is 2.99. The Hall–Kier alpha value is -2.45. The number of thioether (sulfide) groups is 1. The Balaban J connectivity index is 1.74. The summed E-state index contributed by atoms with van der Waals surface area (Å²) in [4.78, 5) is 36.6. The molecule has 0 atom stereocenters. The van der Waals surface area contributed by atoms with Crippen LogP contribution in [0.1, 0.15) is 28.8 Å². The van der Waals surface area contributed by atoms with Gasteiger partial charge in [-0.2, -0.15) is 0 Å². The van der Waals surface area contributed by atoms with Crippen molar-refractivity contribution in [2.75, 3.05) is 0 Å². The molecule has 0 aliphatic carbocycles. The minimum Gasteiger partial charge on any atom is -0.287 e. The average molecular weight is 413 g/mol. The van der Waals surface area contributed by atoms with Crippen LogP contribution in [0.25, 0.3) is 15.9 Å². The zero-order chi connectivity index (χ0) is 20.0. The molecule has 0 aliphatic heterocycles. The maximum absolute atomic E-state index is 12.9. The molecule has 144 valence electrons. The second-order valence-electron chi connectivity index (χ2n) is 6.64. The summed E-state index contributed by atoms with van der Waals surface area (Å²) < 4.78 is 3.29. The second-order valence-corrected chi connectivity index (χ2v) is 8.79. The zero-order valence-corrected chi connectivity index (χ0v) is 17.8. The van der Waals surface area contributed by atoms with Gasteiger partial charge in [-0.1, -0.05) is 17.8 Å². The zero-order valence-electron chi connectivity index (χ0n) is 16.1. The van der Waals surface area contributed by atoms with Gasteiger partial charge in [0.15, 0.2) is 5.16 Å². The summed E-state index contributed by atoms with van der Waals surface area (Å²) in [6, 6.07) is 7.15. The lowest BCUT2D eigenvalue weighted by atomic mass is 10.2. The minimum atomic E-state index is -0.0977. The van der Waals surface area contributed by atoms with Crippen LogP contribution in [0.5, 0.6) is 0 Å². The number of aromatic nitrogens is 4. The maximum atomic E-state index is 12.9. The molecule has 4 aromatic rings. The topological polar surface area (TPSA) is 69.3 Å². The summed E-state index contributed by atoms with van der Waals surface area (Å²) in [6.45, 7) is 8.36. The average Bonchev–Trinajstić information content (AvgIpc) is 2.94. The number of hydrogen-bond acceptors (Lipinski definition) is 6. The summed E-state index contributed by atoms with van der Waals surface area (Å²) in [5.74, 6) is 0.473. The Kier molecular flexibility index (Phi) is 4.84. The van der Waals surface area contributed by atoms with E-state index in [9.17, 15) is 9.59 Å². The van der Waals surface area contributed by atoms with Crippen LogP contribution in [-0.4, -0.2) is 18.9 Å². The van der Waals surface area contributed by atoms with Crippen LogP contribution in [0.4, 0.5) is 0 Å². The second kappa shape index (κ2) is 7.18. The highest BCUT2D eigenvalue weighted by Gasteiger charge is 2.16. The standard InChI is InChI=1S/C20H20N4O2S2/c1-5-23-19(26)17-12(3)13(4)28-18(17)22-20(23)27-10-14-9-16(25)24-11(2)7-6-8-15(24)21-14/h6-9H,5,10H2,1-4H3. The van der Waals surface area contributed by atoms with Crippen molar-refractivity contribution < 1.29 is 0 Å². The van der Waals surface area contributed by atoms with Gasteiger partial charge in [0, 0.05) is 28.9 Å². The van der Waals surface area contributed by atoms with E-state index in [0.29, 0.717) is 34.2 Å². The number of aryl methyl sites for hydroxylation is 3. The van der Waals surface area contributed by atoms with Crippen LogP contribution < -0.4 is 11.1 Å². The molecule has 6 nitrogen and oxygen atoms in total. The molecule has 4 aromatic heterocycles. The van der Waals surface area contributed by atoms with E-state index in [2.05, 4.69) is 4.98 Å². The predicted octanol–water partition coefficient (Wildman–Crippen LogP) is 3.70. The lowest BCUT2D eigenvalue weighted by Crippen LogP contribution is -2.22. The van der Waals surface area contributed by atoms with Crippen molar-refractivity contribution in [3.05, 3.63) is 66.8 Å². The van der Waals surface area contributed by atoms with Crippen LogP contribution in [0.2, 0.25) is 0 Å². The molecule has 0 saturated carbocycles. The minimum absolute atomic E-state index is 0.000912. The van der Waals surface area contributed by atoms with Crippen molar-refractivity contribution in [1.82, 2.24) is 18.9 Å². The first-order chi connectivity index (χ1) is 13.4. The van der Waals surface area contributed by atoms with Crippen molar-refractivity contribution in [3.63, 3.8) is 0 Å². The molecule has 0 spiro atoms. The molecule has 0 fully saturated rings. The Morgan fingerprint density at radius 2 is 1.93 bits per heavy atom. The van der Waals surface area contributed by atoms with E-state index >= 15 is 0 Å².